The predicted octanol–water partition coefficient (Wildman–Crippen LogP) is 3.92. The van der Waals surface area contributed by atoms with Crippen molar-refractivity contribution in [1.82, 2.24) is 0 Å². The summed E-state index contributed by atoms with van der Waals surface area (Å²) in [5.41, 5.74) is 3.05. The minimum absolute atomic E-state index is 0.833. The van der Waals surface area contributed by atoms with E-state index in [1.807, 2.05) is 11.8 Å². The average Bonchev–Trinajstić information content (AvgIpc) is 2.64. The Labute approximate surface area is 84.8 Å². The molecule has 0 amide bonds. The molecule has 0 heterocycles. The molecule has 13 heavy (non-hydrogen) atoms. The van der Waals surface area contributed by atoms with Crippen molar-refractivity contribution in [2.45, 2.75) is 26.7 Å². The van der Waals surface area contributed by atoms with E-state index in [4.69, 9.17) is 0 Å². The van der Waals surface area contributed by atoms with Gasteiger partial charge in [0.1, 0.15) is 0 Å². The van der Waals surface area contributed by atoms with Gasteiger partial charge < -0.3 is 0 Å². The summed E-state index contributed by atoms with van der Waals surface area (Å²) in [6.45, 7) is 4.58. The van der Waals surface area contributed by atoms with Gasteiger partial charge in [0.2, 0.25) is 0 Å². The standard InChI is InChI=1S/C12H16S/c1-9(2)5-6-13-12-8-10-3-4-11(12)7-10/h3-4,8-9H,5-7H2,1-2H3. The van der Waals surface area contributed by atoms with Crippen molar-refractivity contribution in [3.8, 4) is 0 Å². The number of rotatable bonds is 4. The Kier molecular flexibility index (Phi) is 2.63. The molecule has 0 aliphatic heterocycles. The molecule has 1 heteroatoms. The first kappa shape index (κ1) is 9.14. The minimum atomic E-state index is 0.833. The van der Waals surface area contributed by atoms with Crippen LogP contribution in [0.4, 0.5) is 0 Å². The van der Waals surface area contributed by atoms with E-state index in [1.54, 1.807) is 5.57 Å². The summed E-state index contributed by atoms with van der Waals surface area (Å²) in [6, 6.07) is 0. The van der Waals surface area contributed by atoms with Crippen LogP contribution in [0.3, 0.4) is 0 Å². The molecule has 2 aliphatic rings. The predicted molar refractivity (Wildman–Crippen MR) is 60.8 cm³/mol. The number of allylic oxidation sites excluding steroid dienone is 5. The van der Waals surface area contributed by atoms with Gasteiger partial charge in [-0.2, -0.15) is 0 Å². The zero-order valence-electron chi connectivity index (χ0n) is 8.34. The third-order valence-electron chi connectivity index (χ3n) is 2.48. The van der Waals surface area contributed by atoms with Crippen LogP contribution in [0, 0.1) is 5.92 Å². The third kappa shape index (κ3) is 2.08. The van der Waals surface area contributed by atoms with Crippen LogP contribution in [0.1, 0.15) is 26.7 Å². The molecule has 0 nitrogen and oxygen atoms in total. The quantitative estimate of drug-likeness (QED) is 0.650. The monoisotopic (exact) mass is 192 g/mol. The molecular weight excluding hydrogens is 176 g/mol. The summed E-state index contributed by atoms with van der Waals surface area (Å²) in [7, 11) is 0. The summed E-state index contributed by atoms with van der Waals surface area (Å²) in [5, 5.41) is 0. The Morgan fingerprint density at radius 1 is 1.38 bits per heavy atom. The van der Waals surface area contributed by atoms with Gasteiger partial charge in [-0.15, -0.1) is 11.8 Å². The lowest BCUT2D eigenvalue weighted by Gasteiger charge is -2.05. The highest BCUT2D eigenvalue weighted by molar-refractivity contribution is 8.03. The summed E-state index contributed by atoms with van der Waals surface area (Å²) in [4.78, 5) is 1.53. The van der Waals surface area contributed by atoms with Gasteiger partial charge >= 0.3 is 0 Å². The lowest BCUT2D eigenvalue weighted by molar-refractivity contribution is 0.632. The first-order valence-electron chi connectivity index (χ1n) is 5.00. The van der Waals surface area contributed by atoms with Crippen LogP contribution in [0.25, 0.3) is 0 Å². The smallest absolute Gasteiger partial charge is 0.0110 e. The van der Waals surface area contributed by atoms with Gasteiger partial charge in [-0.3, -0.25) is 0 Å². The van der Waals surface area contributed by atoms with Gasteiger partial charge in [-0.25, -0.2) is 0 Å². The second-order valence-electron chi connectivity index (χ2n) is 4.15. The van der Waals surface area contributed by atoms with E-state index in [9.17, 15) is 0 Å². The molecule has 2 rings (SSSR count). The summed E-state index contributed by atoms with van der Waals surface area (Å²) >= 11 is 2.03. The van der Waals surface area contributed by atoms with Crippen molar-refractivity contribution in [2.24, 2.45) is 5.92 Å². The van der Waals surface area contributed by atoms with Crippen molar-refractivity contribution in [3.05, 3.63) is 34.3 Å². The van der Waals surface area contributed by atoms with E-state index in [0.717, 1.165) is 5.92 Å². The maximum atomic E-state index is 2.35. The fraction of sp³-hybridized carbons (Fsp3) is 0.500. The third-order valence-corrected chi connectivity index (χ3v) is 3.61. The second-order valence-corrected chi connectivity index (χ2v) is 5.29. The molecule has 2 aliphatic carbocycles. The SMILES string of the molecule is CC(C)CCSC1=C2C=CC(=C1)C2. The topological polar surface area (TPSA) is 0 Å². The van der Waals surface area contributed by atoms with Crippen molar-refractivity contribution in [1.29, 1.82) is 0 Å². The van der Waals surface area contributed by atoms with Crippen LogP contribution >= 0.6 is 11.8 Å². The number of thioether (sulfide) groups is 1. The second kappa shape index (κ2) is 3.75. The van der Waals surface area contributed by atoms with Crippen LogP contribution in [0.15, 0.2) is 34.3 Å². The molecule has 0 aromatic rings. The number of fused-ring (bicyclic) bond motifs is 2. The largest absolute Gasteiger partial charge is 0.126 e. The molecule has 0 aromatic carbocycles. The van der Waals surface area contributed by atoms with Gasteiger partial charge in [0.05, 0.1) is 0 Å². The molecule has 2 bridgehead atoms. The van der Waals surface area contributed by atoms with Crippen LogP contribution in [-0.2, 0) is 0 Å². The fourth-order valence-corrected chi connectivity index (χ4v) is 2.98. The normalized spacial score (nSPS) is 19.2. The highest BCUT2D eigenvalue weighted by Gasteiger charge is 2.17. The van der Waals surface area contributed by atoms with Crippen LogP contribution in [0.2, 0.25) is 0 Å². The van der Waals surface area contributed by atoms with Gasteiger partial charge in [0.15, 0.2) is 0 Å². The van der Waals surface area contributed by atoms with Gasteiger partial charge in [-0.05, 0) is 41.7 Å². The summed E-state index contributed by atoms with van der Waals surface area (Å²) in [6.07, 6.45) is 9.38. The van der Waals surface area contributed by atoms with Crippen molar-refractivity contribution >= 4 is 11.8 Å². The highest BCUT2D eigenvalue weighted by atomic mass is 32.2. The lowest BCUT2D eigenvalue weighted by Crippen LogP contribution is -1.89. The van der Waals surface area contributed by atoms with Crippen LogP contribution in [0.5, 0.6) is 0 Å². The average molecular weight is 192 g/mol. The molecule has 0 fully saturated rings. The molecule has 0 unspecified atom stereocenters. The molecular formula is C12H16S. The Bertz CT molecular complexity index is 292. The molecule has 0 N–H and O–H groups in total. The highest BCUT2D eigenvalue weighted by Crippen LogP contribution is 2.39. The Morgan fingerprint density at radius 2 is 2.23 bits per heavy atom. The Morgan fingerprint density at radius 3 is 2.77 bits per heavy atom. The fourth-order valence-electron chi connectivity index (χ4n) is 1.61. The minimum Gasteiger partial charge on any atom is -0.126 e. The summed E-state index contributed by atoms with van der Waals surface area (Å²) in [5.74, 6) is 2.11. The maximum absolute atomic E-state index is 2.35. The molecule has 70 valence electrons. The van der Waals surface area contributed by atoms with E-state index in [-0.39, 0.29) is 0 Å². The van der Waals surface area contributed by atoms with E-state index in [1.165, 1.54) is 29.1 Å². The zero-order chi connectivity index (χ0) is 9.26. The maximum Gasteiger partial charge on any atom is 0.0110 e. The lowest BCUT2D eigenvalue weighted by atomic mass is 10.2. The summed E-state index contributed by atoms with van der Waals surface area (Å²) < 4.78 is 0. The Balaban J connectivity index is 1.84. The van der Waals surface area contributed by atoms with E-state index < -0.39 is 0 Å². The van der Waals surface area contributed by atoms with Crippen LogP contribution < -0.4 is 0 Å². The van der Waals surface area contributed by atoms with E-state index >= 15 is 0 Å². The van der Waals surface area contributed by atoms with Crippen molar-refractivity contribution < 1.29 is 0 Å². The molecule has 0 spiro atoms. The molecule has 0 radical (unpaired) electrons. The molecule has 0 atom stereocenters. The molecule has 0 saturated heterocycles. The number of hydrogen-bond donors (Lipinski definition) is 0. The first-order chi connectivity index (χ1) is 6.25. The first-order valence-corrected chi connectivity index (χ1v) is 5.99. The van der Waals surface area contributed by atoms with Gasteiger partial charge in [0.25, 0.3) is 0 Å². The van der Waals surface area contributed by atoms with E-state index in [2.05, 4.69) is 32.1 Å². The number of hydrogen-bond acceptors (Lipinski definition) is 1. The van der Waals surface area contributed by atoms with Gasteiger partial charge in [-0.1, -0.05) is 26.0 Å². The van der Waals surface area contributed by atoms with Crippen molar-refractivity contribution in [2.75, 3.05) is 5.75 Å². The van der Waals surface area contributed by atoms with Crippen molar-refractivity contribution in [3.63, 3.8) is 0 Å². The Hall–Kier alpha value is -0.430. The van der Waals surface area contributed by atoms with E-state index in [0.29, 0.717) is 0 Å². The molecule has 0 saturated carbocycles. The van der Waals surface area contributed by atoms with Gasteiger partial charge in [0, 0.05) is 4.91 Å². The van der Waals surface area contributed by atoms with Crippen LogP contribution in [-0.4, -0.2) is 5.75 Å². The molecule has 0 aromatic heterocycles. The zero-order valence-corrected chi connectivity index (χ0v) is 9.16.